The first kappa shape index (κ1) is 10.3. The third-order valence-corrected chi connectivity index (χ3v) is 1.64. The first-order valence-corrected chi connectivity index (χ1v) is 4.46. The van der Waals surface area contributed by atoms with Gasteiger partial charge >= 0.3 is 5.97 Å². The third kappa shape index (κ3) is 5.77. The van der Waals surface area contributed by atoms with Crippen molar-refractivity contribution in [3.63, 3.8) is 0 Å². The van der Waals surface area contributed by atoms with E-state index in [1.807, 2.05) is 0 Å². The van der Waals surface area contributed by atoms with Gasteiger partial charge in [0.2, 0.25) is 10.0 Å². The van der Waals surface area contributed by atoms with E-state index in [2.05, 4.69) is 4.84 Å². The fraction of sp³-hybridized carbons (Fsp3) is 0.750. The first-order chi connectivity index (χ1) is 4.98. The van der Waals surface area contributed by atoms with E-state index >= 15 is 0 Å². The molecule has 0 aliphatic heterocycles. The molecular weight excluding hydrogens is 174 g/mol. The lowest BCUT2D eigenvalue weighted by molar-refractivity contribution is -0.134. The predicted octanol–water partition coefficient (Wildman–Crippen LogP) is -1.06. The molecule has 0 saturated heterocycles. The standard InChI is InChI=1S/C4H9NO5S/c1-2-10-5-11(8,9)3-4(6)7/h5H,2-3H2,1H3,(H,6,7). The van der Waals surface area contributed by atoms with E-state index in [0.29, 0.717) is 0 Å². The fourth-order valence-corrected chi connectivity index (χ4v) is 1.02. The second-order valence-corrected chi connectivity index (χ2v) is 3.35. The Kier molecular flexibility index (Phi) is 4.01. The van der Waals surface area contributed by atoms with Gasteiger partial charge in [-0.3, -0.25) is 9.63 Å². The van der Waals surface area contributed by atoms with Crippen LogP contribution in [0.4, 0.5) is 0 Å². The Balaban J connectivity index is 3.92. The second-order valence-electron chi connectivity index (χ2n) is 1.67. The molecule has 0 saturated carbocycles. The van der Waals surface area contributed by atoms with Gasteiger partial charge in [0.15, 0.2) is 5.75 Å². The van der Waals surface area contributed by atoms with Gasteiger partial charge in [-0.2, -0.15) is 0 Å². The van der Waals surface area contributed by atoms with Gasteiger partial charge in [0.05, 0.1) is 6.61 Å². The summed E-state index contributed by atoms with van der Waals surface area (Å²) in [6.07, 6.45) is 0. The smallest absolute Gasteiger partial charge is 0.320 e. The molecule has 0 spiro atoms. The zero-order valence-electron chi connectivity index (χ0n) is 5.90. The van der Waals surface area contributed by atoms with Crippen molar-refractivity contribution in [2.24, 2.45) is 0 Å². The Morgan fingerprint density at radius 1 is 1.64 bits per heavy atom. The molecule has 66 valence electrons. The van der Waals surface area contributed by atoms with Gasteiger partial charge in [-0.1, -0.05) is 4.89 Å². The maximum Gasteiger partial charge on any atom is 0.320 e. The van der Waals surface area contributed by atoms with Crippen molar-refractivity contribution in [1.29, 1.82) is 0 Å². The van der Waals surface area contributed by atoms with Crippen LogP contribution >= 0.6 is 0 Å². The predicted molar refractivity (Wildman–Crippen MR) is 36.2 cm³/mol. The number of hydrogen-bond acceptors (Lipinski definition) is 4. The zero-order chi connectivity index (χ0) is 8.91. The van der Waals surface area contributed by atoms with Crippen molar-refractivity contribution in [2.45, 2.75) is 6.92 Å². The molecule has 2 N–H and O–H groups in total. The van der Waals surface area contributed by atoms with Crippen LogP contribution in [0, 0.1) is 0 Å². The Bertz CT molecular complexity index is 221. The molecule has 0 fully saturated rings. The number of aliphatic carboxylic acids is 1. The molecule has 0 bridgehead atoms. The molecule has 0 aromatic heterocycles. The summed E-state index contributed by atoms with van der Waals surface area (Å²) in [7, 11) is -3.81. The topological polar surface area (TPSA) is 92.7 Å². The van der Waals surface area contributed by atoms with Crippen molar-refractivity contribution in [2.75, 3.05) is 12.4 Å². The lowest BCUT2D eigenvalue weighted by Crippen LogP contribution is -2.30. The quantitative estimate of drug-likeness (QED) is 0.530. The van der Waals surface area contributed by atoms with Gasteiger partial charge in [-0.15, -0.1) is 0 Å². The summed E-state index contributed by atoms with van der Waals surface area (Å²) in [6, 6.07) is 0. The molecule has 0 heterocycles. The average molecular weight is 183 g/mol. The van der Waals surface area contributed by atoms with Crippen LogP contribution in [0.2, 0.25) is 0 Å². The van der Waals surface area contributed by atoms with Crippen molar-refractivity contribution in [3.05, 3.63) is 0 Å². The van der Waals surface area contributed by atoms with Crippen molar-refractivity contribution >= 4 is 16.0 Å². The summed E-state index contributed by atoms with van der Waals surface area (Å²) in [5.41, 5.74) is 0. The lowest BCUT2D eigenvalue weighted by Gasteiger charge is -2.01. The highest BCUT2D eigenvalue weighted by molar-refractivity contribution is 7.90. The number of hydrogen-bond donors (Lipinski definition) is 2. The fourth-order valence-electron chi connectivity index (χ4n) is 0.341. The molecule has 0 amide bonds. The number of sulfonamides is 1. The summed E-state index contributed by atoms with van der Waals surface area (Å²) >= 11 is 0. The van der Waals surface area contributed by atoms with Gasteiger partial charge in [-0.25, -0.2) is 8.42 Å². The minimum atomic E-state index is -3.81. The van der Waals surface area contributed by atoms with Crippen LogP contribution in [0.1, 0.15) is 6.92 Å². The van der Waals surface area contributed by atoms with Gasteiger partial charge in [0.25, 0.3) is 0 Å². The van der Waals surface area contributed by atoms with Crippen LogP contribution in [0.15, 0.2) is 0 Å². The van der Waals surface area contributed by atoms with E-state index in [0.717, 1.165) is 0 Å². The van der Waals surface area contributed by atoms with Crippen molar-refractivity contribution in [1.82, 2.24) is 4.89 Å². The molecule has 0 rings (SSSR count). The van der Waals surface area contributed by atoms with Crippen LogP contribution < -0.4 is 4.89 Å². The van der Waals surface area contributed by atoms with Crippen molar-refractivity contribution in [3.8, 4) is 0 Å². The van der Waals surface area contributed by atoms with Crippen LogP contribution in [0.5, 0.6) is 0 Å². The van der Waals surface area contributed by atoms with Crippen LogP contribution in [-0.2, 0) is 19.7 Å². The average Bonchev–Trinajstić information content (AvgIpc) is 1.81. The normalized spacial score (nSPS) is 11.4. The Morgan fingerprint density at radius 2 is 2.18 bits per heavy atom. The Hall–Kier alpha value is -0.660. The van der Waals surface area contributed by atoms with E-state index in [-0.39, 0.29) is 6.61 Å². The Morgan fingerprint density at radius 3 is 2.55 bits per heavy atom. The summed E-state index contributed by atoms with van der Waals surface area (Å²) in [6.45, 7) is 1.72. The molecule has 0 aliphatic carbocycles. The highest BCUT2D eigenvalue weighted by Crippen LogP contribution is 1.83. The molecule has 7 heteroatoms. The number of nitrogens with one attached hydrogen (secondary N) is 1. The summed E-state index contributed by atoms with van der Waals surface area (Å²) in [4.78, 5) is 15.8. The van der Waals surface area contributed by atoms with Gasteiger partial charge in [-0.05, 0) is 6.92 Å². The largest absolute Gasteiger partial charge is 0.480 e. The SMILES string of the molecule is CCONS(=O)(=O)CC(=O)O. The second kappa shape index (κ2) is 4.27. The van der Waals surface area contributed by atoms with E-state index in [1.54, 1.807) is 11.8 Å². The van der Waals surface area contributed by atoms with E-state index < -0.39 is 21.7 Å². The molecular formula is C4H9NO5S. The number of carboxylic acids is 1. The molecule has 11 heavy (non-hydrogen) atoms. The van der Waals surface area contributed by atoms with Crippen LogP contribution in [-0.4, -0.2) is 31.9 Å². The van der Waals surface area contributed by atoms with E-state index in [1.165, 1.54) is 0 Å². The third-order valence-electron chi connectivity index (χ3n) is 0.644. The minimum Gasteiger partial charge on any atom is -0.480 e. The molecule has 0 aliphatic rings. The number of rotatable bonds is 5. The highest BCUT2D eigenvalue weighted by Gasteiger charge is 2.14. The van der Waals surface area contributed by atoms with Crippen LogP contribution in [0.25, 0.3) is 0 Å². The first-order valence-electron chi connectivity index (χ1n) is 2.81. The van der Waals surface area contributed by atoms with Crippen molar-refractivity contribution < 1.29 is 23.2 Å². The maximum absolute atomic E-state index is 10.6. The van der Waals surface area contributed by atoms with Crippen LogP contribution in [0.3, 0.4) is 0 Å². The van der Waals surface area contributed by atoms with E-state index in [4.69, 9.17) is 5.11 Å². The van der Waals surface area contributed by atoms with Gasteiger partial charge in [0.1, 0.15) is 0 Å². The van der Waals surface area contributed by atoms with Gasteiger partial charge < -0.3 is 5.11 Å². The Labute approximate surface area is 64.2 Å². The summed E-state index contributed by atoms with van der Waals surface area (Å²) in [5, 5.41) is 8.07. The highest BCUT2D eigenvalue weighted by atomic mass is 32.2. The molecule has 0 radical (unpaired) electrons. The number of carbonyl (C=O) groups is 1. The zero-order valence-corrected chi connectivity index (χ0v) is 6.72. The molecule has 6 nitrogen and oxygen atoms in total. The van der Waals surface area contributed by atoms with Gasteiger partial charge in [0, 0.05) is 0 Å². The molecule has 0 unspecified atom stereocenters. The molecule has 0 atom stereocenters. The molecule has 0 aromatic carbocycles. The minimum absolute atomic E-state index is 0.152. The number of carboxylic acid groups (broad SMARTS) is 1. The van der Waals surface area contributed by atoms with E-state index in [9.17, 15) is 13.2 Å². The monoisotopic (exact) mass is 183 g/mol. The lowest BCUT2D eigenvalue weighted by atomic mass is 10.8. The maximum atomic E-state index is 10.6. The summed E-state index contributed by atoms with van der Waals surface area (Å²) in [5.74, 6) is -2.40. The summed E-state index contributed by atoms with van der Waals surface area (Å²) < 4.78 is 21.2. The molecule has 0 aromatic rings.